The van der Waals surface area contributed by atoms with Crippen molar-refractivity contribution in [1.29, 1.82) is 0 Å². The van der Waals surface area contributed by atoms with Gasteiger partial charge in [-0.2, -0.15) is 0 Å². The van der Waals surface area contributed by atoms with E-state index in [0.717, 1.165) is 6.42 Å². The fourth-order valence-corrected chi connectivity index (χ4v) is 2.94. The van der Waals surface area contributed by atoms with Gasteiger partial charge in [-0.1, -0.05) is 0 Å². The van der Waals surface area contributed by atoms with Crippen molar-refractivity contribution in [2.24, 2.45) is 0 Å². The van der Waals surface area contributed by atoms with E-state index in [4.69, 9.17) is 4.74 Å². The first-order valence-corrected chi connectivity index (χ1v) is 8.06. The Morgan fingerprint density at radius 2 is 2.24 bits per heavy atom. The molecule has 0 aliphatic carbocycles. The minimum atomic E-state index is -0.190. The number of methoxy groups -OCH3 is 1. The summed E-state index contributed by atoms with van der Waals surface area (Å²) in [7, 11) is 5.16. The summed E-state index contributed by atoms with van der Waals surface area (Å²) in [5.41, 5.74) is 0.819. The summed E-state index contributed by atoms with van der Waals surface area (Å²) in [6, 6.07) is 4.95. The number of hydrogen-bond acceptors (Lipinski definition) is 6. The molecule has 0 saturated carbocycles. The van der Waals surface area contributed by atoms with E-state index in [1.807, 2.05) is 14.1 Å². The summed E-state index contributed by atoms with van der Waals surface area (Å²) >= 11 is 0. The van der Waals surface area contributed by atoms with Gasteiger partial charge in [0.2, 0.25) is 5.95 Å². The number of amides is 1. The zero-order valence-corrected chi connectivity index (χ0v) is 14.5. The number of rotatable bonds is 4. The van der Waals surface area contributed by atoms with Crippen LogP contribution < -0.4 is 15.2 Å². The number of hydrogen-bond donors (Lipinski definition) is 1. The number of carbonyl (C=O) groups excluding carboxylic acids is 1. The fourth-order valence-electron chi connectivity index (χ4n) is 2.94. The second kappa shape index (κ2) is 6.92. The molecule has 1 fully saturated rings. The number of nitrogens with zero attached hydrogens (tertiary/aromatic N) is 4. The first-order valence-electron chi connectivity index (χ1n) is 8.06. The molecular weight excluding hydrogens is 322 g/mol. The third-order valence-electron chi connectivity index (χ3n) is 4.26. The van der Waals surface area contributed by atoms with E-state index in [2.05, 4.69) is 15.0 Å². The second-order valence-corrected chi connectivity index (χ2v) is 6.18. The van der Waals surface area contributed by atoms with Crippen LogP contribution in [0.25, 0.3) is 0 Å². The third kappa shape index (κ3) is 3.47. The average molecular weight is 343 g/mol. The number of likely N-dealkylation sites (tertiary alicyclic amines) is 1. The van der Waals surface area contributed by atoms with Crippen LogP contribution in [0, 0.1) is 0 Å². The smallest absolute Gasteiger partial charge is 0.276 e. The van der Waals surface area contributed by atoms with Gasteiger partial charge in [0.15, 0.2) is 5.69 Å². The summed E-state index contributed by atoms with van der Waals surface area (Å²) in [4.78, 5) is 39.4. The maximum Gasteiger partial charge on any atom is 0.276 e. The van der Waals surface area contributed by atoms with Gasteiger partial charge >= 0.3 is 0 Å². The Morgan fingerprint density at radius 3 is 2.96 bits per heavy atom. The average Bonchev–Trinajstić information content (AvgIpc) is 3.10. The molecule has 25 heavy (non-hydrogen) atoms. The molecule has 1 saturated heterocycles. The van der Waals surface area contributed by atoms with Crippen molar-refractivity contribution in [3.8, 4) is 5.75 Å². The number of H-pyrrole nitrogens is 1. The molecule has 1 aliphatic rings. The van der Waals surface area contributed by atoms with Crippen LogP contribution in [0.2, 0.25) is 0 Å². The van der Waals surface area contributed by atoms with E-state index in [-0.39, 0.29) is 17.4 Å². The minimum absolute atomic E-state index is 0.0275. The largest absolute Gasteiger partial charge is 0.494 e. The number of carbonyl (C=O) groups is 1. The van der Waals surface area contributed by atoms with E-state index < -0.39 is 0 Å². The van der Waals surface area contributed by atoms with Gasteiger partial charge in [-0.15, -0.1) is 0 Å². The first kappa shape index (κ1) is 16.9. The molecule has 2 aromatic rings. The molecule has 2 aromatic heterocycles. The maximum absolute atomic E-state index is 12.7. The number of aromatic nitrogens is 3. The number of nitrogens with one attached hydrogen (secondary N) is 1. The molecule has 0 aromatic carbocycles. The van der Waals surface area contributed by atoms with Gasteiger partial charge in [0.05, 0.1) is 12.8 Å². The molecule has 3 heterocycles. The Balaban J connectivity index is 1.80. The molecule has 8 nitrogen and oxygen atoms in total. The maximum atomic E-state index is 12.7. The van der Waals surface area contributed by atoms with Crippen LogP contribution in [0.1, 0.15) is 28.5 Å². The molecule has 0 radical (unpaired) electrons. The highest BCUT2D eigenvalue weighted by molar-refractivity contribution is 5.95. The normalized spacial score (nSPS) is 16.8. The van der Waals surface area contributed by atoms with Crippen LogP contribution in [0.3, 0.4) is 0 Å². The van der Waals surface area contributed by atoms with Crippen molar-refractivity contribution in [3.05, 3.63) is 46.1 Å². The van der Waals surface area contributed by atoms with Crippen molar-refractivity contribution >= 4 is 11.9 Å². The van der Waals surface area contributed by atoms with Crippen LogP contribution in [0.4, 0.5) is 5.95 Å². The van der Waals surface area contributed by atoms with Crippen LogP contribution in [0.5, 0.6) is 5.75 Å². The van der Waals surface area contributed by atoms with Gasteiger partial charge in [-0.05, 0) is 18.6 Å². The SMILES string of the molecule is COc1cccnc1C(=O)N1CCC(c2cc(=O)[nH]c(N(C)C)n2)C1. The summed E-state index contributed by atoms with van der Waals surface area (Å²) in [5.74, 6) is 0.830. The van der Waals surface area contributed by atoms with Gasteiger partial charge in [-0.25, -0.2) is 9.97 Å². The summed E-state index contributed by atoms with van der Waals surface area (Å²) in [6.07, 6.45) is 2.33. The first-order chi connectivity index (χ1) is 12.0. The van der Waals surface area contributed by atoms with Gasteiger partial charge in [0.25, 0.3) is 11.5 Å². The standard InChI is InChI=1S/C17H21N5O3/c1-21(2)17-19-12(9-14(23)20-17)11-6-8-22(10-11)16(24)15-13(25-3)5-4-7-18-15/h4-5,7,9,11H,6,8,10H2,1-3H3,(H,19,20,23). The van der Waals surface area contributed by atoms with Crippen molar-refractivity contribution in [1.82, 2.24) is 19.9 Å². The zero-order chi connectivity index (χ0) is 18.0. The molecule has 1 unspecified atom stereocenters. The molecule has 1 aliphatic heterocycles. The lowest BCUT2D eigenvalue weighted by atomic mass is 10.1. The van der Waals surface area contributed by atoms with Crippen LogP contribution in [0.15, 0.2) is 29.2 Å². The predicted molar refractivity (Wildman–Crippen MR) is 93.2 cm³/mol. The van der Waals surface area contributed by atoms with Crippen LogP contribution in [-0.2, 0) is 0 Å². The number of pyridine rings is 1. The molecule has 0 spiro atoms. The lowest BCUT2D eigenvalue weighted by Gasteiger charge is -2.18. The zero-order valence-electron chi connectivity index (χ0n) is 14.5. The van der Waals surface area contributed by atoms with Crippen molar-refractivity contribution in [2.75, 3.05) is 39.2 Å². The molecular formula is C17H21N5O3. The fraction of sp³-hybridized carbons (Fsp3) is 0.412. The minimum Gasteiger partial charge on any atom is -0.494 e. The lowest BCUT2D eigenvalue weighted by Crippen LogP contribution is -2.30. The van der Waals surface area contributed by atoms with Gasteiger partial charge < -0.3 is 14.5 Å². The highest BCUT2D eigenvalue weighted by Gasteiger charge is 2.31. The molecule has 0 bridgehead atoms. The molecule has 1 amide bonds. The topological polar surface area (TPSA) is 91.4 Å². The van der Waals surface area contributed by atoms with E-state index in [9.17, 15) is 9.59 Å². The highest BCUT2D eigenvalue weighted by atomic mass is 16.5. The summed E-state index contributed by atoms with van der Waals surface area (Å²) in [5, 5.41) is 0. The number of aromatic amines is 1. The number of ether oxygens (including phenoxy) is 1. The van der Waals surface area contributed by atoms with Crippen LogP contribution >= 0.6 is 0 Å². The molecule has 1 N–H and O–H groups in total. The van der Waals surface area contributed by atoms with Crippen molar-refractivity contribution in [3.63, 3.8) is 0 Å². The van der Waals surface area contributed by atoms with Gasteiger partial charge in [-0.3, -0.25) is 14.6 Å². The molecule has 1 atom stereocenters. The molecule has 8 heteroatoms. The Labute approximate surface area is 145 Å². The Kier molecular flexibility index (Phi) is 4.69. The van der Waals surface area contributed by atoms with Crippen molar-refractivity contribution < 1.29 is 9.53 Å². The summed E-state index contributed by atoms with van der Waals surface area (Å²) in [6.45, 7) is 1.09. The van der Waals surface area contributed by atoms with Crippen molar-refractivity contribution in [2.45, 2.75) is 12.3 Å². The van der Waals surface area contributed by atoms with E-state index in [0.29, 0.717) is 36.2 Å². The quantitative estimate of drug-likeness (QED) is 0.886. The van der Waals surface area contributed by atoms with E-state index in [1.165, 1.54) is 13.2 Å². The van der Waals surface area contributed by atoms with E-state index in [1.54, 1.807) is 28.1 Å². The summed E-state index contributed by atoms with van der Waals surface area (Å²) < 4.78 is 5.22. The molecule has 3 rings (SSSR count). The lowest BCUT2D eigenvalue weighted by molar-refractivity contribution is 0.0781. The van der Waals surface area contributed by atoms with E-state index >= 15 is 0 Å². The monoisotopic (exact) mass is 343 g/mol. The van der Waals surface area contributed by atoms with Gasteiger partial charge in [0.1, 0.15) is 5.75 Å². The number of anilines is 1. The van der Waals surface area contributed by atoms with Crippen LogP contribution in [-0.4, -0.2) is 60.1 Å². The second-order valence-electron chi connectivity index (χ2n) is 6.18. The molecule has 132 valence electrons. The Hall–Kier alpha value is -2.90. The highest BCUT2D eigenvalue weighted by Crippen LogP contribution is 2.28. The predicted octanol–water partition coefficient (Wildman–Crippen LogP) is 0.869. The van der Waals surface area contributed by atoms with Gasteiger partial charge in [0, 0.05) is 45.4 Å². The Morgan fingerprint density at radius 1 is 1.44 bits per heavy atom. The third-order valence-corrected chi connectivity index (χ3v) is 4.26. The Bertz CT molecular complexity index is 833.